The Bertz CT molecular complexity index is 1390. The van der Waals surface area contributed by atoms with Crippen LogP contribution in [0.5, 0.6) is 0 Å². The van der Waals surface area contributed by atoms with E-state index in [0.717, 1.165) is 19.6 Å². The predicted molar refractivity (Wildman–Crippen MR) is 149 cm³/mol. The Kier molecular flexibility index (Phi) is 7.21. The van der Waals surface area contributed by atoms with E-state index in [1.54, 1.807) is 12.1 Å². The monoisotopic (exact) mass is 540 g/mol. The maximum atomic E-state index is 15.8. The van der Waals surface area contributed by atoms with E-state index in [-0.39, 0.29) is 49.1 Å². The lowest BCUT2D eigenvalue weighted by molar-refractivity contribution is -0.136. The molecule has 2 saturated heterocycles. The van der Waals surface area contributed by atoms with Gasteiger partial charge in [0.2, 0.25) is 11.8 Å². The maximum absolute atomic E-state index is 15.8. The second-order valence-electron chi connectivity index (χ2n) is 11.0. The normalized spacial score (nSPS) is 22.1. The smallest absolute Gasteiger partial charge is 0.255 e. The number of hydrogen-bond donors (Lipinski definition) is 1. The Hall–Kier alpha value is -3.88. The molecule has 3 heterocycles. The van der Waals surface area contributed by atoms with Gasteiger partial charge in [0, 0.05) is 55.3 Å². The molecule has 3 aromatic rings. The molecule has 0 aromatic heterocycles. The third kappa shape index (κ3) is 4.93. The molecular weight excluding hydrogens is 507 g/mol. The third-order valence-electron chi connectivity index (χ3n) is 8.49. The van der Waals surface area contributed by atoms with Crippen molar-refractivity contribution < 1.29 is 18.8 Å². The zero-order valence-corrected chi connectivity index (χ0v) is 22.6. The molecular formula is C32H33FN4O3. The number of carbonyl (C=O) groups is 3. The second kappa shape index (κ2) is 10.9. The van der Waals surface area contributed by atoms with Crippen molar-refractivity contribution in [3.05, 3.63) is 106 Å². The summed E-state index contributed by atoms with van der Waals surface area (Å²) in [6, 6.07) is 24.1. The molecule has 1 N–H and O–H groups in total. The average Bonchev–Trinajstić information content (AvgIpc) is 3.29. The first-order valence-corrected chi connectivity index (χ1v) is 13.9. The summed E-state index contributed by atoms with van der Waals surface area (Å²) >= 11 is 0. The van der Waals surface area contributed by atoms with Crippen molar-refractivity contribution in [1.82, 2.24) is 20.0 Å². The lowest BCUT2D eigenvalue weighted by Crippen LogP contribution is -2.52. The minimum Gasteiger partial charge on any atom is -0.322 e. The Morgan fingerprint density at radius 1 is 0.925 bits per heavy atom. The van der Waals surface area contributed by atoms with E-state index in [1.807, 2.05) is 12.1 Å². The highest BCUT2D eigenvalue weighted by molar-refractivity contribution is 6.05. The highest BCUT2D eigenvalue weighted by atomic mass is 19.1. The molecule has 3 aliphatic rings. The number of benzene rings is 3. The van der Waals surface area contributed by atoms with E-state index in [4.69, 9.17) is 0 Å². The number of carbonyl (C=O) groups excluding carboxylic acids is 3. The Labute approximate surface area is 233 Å². The number of amides is 3. The zero-order valence-electron chi connectivity index (χ0n) is 22.6. The first-order chi connectivity index (χ1) is 19.4. The van der Waals surface area contributed by atoms with Crippen LogP contribution in [0, 0.1) is 5.82 Å². The largest absolute Gasteiger partial charge is 0.322 e. The first kappa shape index (κ1) is 26.3. The molecule has 0 spiro atoms. The van der Waals surface area contributed by atoms with E-state index in [9.17, 15) is 14.4 Å². The molecule has 6 rings (SSSR count). The fraction of sp³-hybridized carbons (Fsp3) is 0.344. The summed E-state index contributed by atoms with van der Waals surface area (Å²) in [5.74, 6) is -1.56. The molecule has 2 fully saturated rings. The number of nitrogens with zero attached hydrogens (tertiary/aromatic N) is 3. The van der Waals surface area contributed by atoms with Crippen LogP contribution < -0.4 is 5.32 Å². The molecule has 0 radical (unpaired) electrons. The van der Waals surface area contributed by atoms with Crippen LogP contribution in [0.15, 0.2) is 72.8 Å². The van der Waals surface area contributed by atoms with Crippen molar-refractivity contribution in [2.75, 3.05) is 19.6 Å². The van der Waals surface area contributed by atoms with Crippen molar-refractivity contribution in [1.29, 1.82) is 0 Å². The van der Waals surface area contributed by atoms with Gasteiger partial charge in [-0.2, -0.15) is 0 Å². The molecule has 7 nitrogen and oxygen atoms in total. The summed E-state index contributed by atoms with van der Waals surface area (Å²) in [5.41, 5.74) is 3.71. The summed E-state index contributed by atoms with van der Waals surface area (Å²) in [4.78, 5) is 43.1. The molecule has 3 amide bonds. The Morgan fingerprint density at radius 2 is 1.60 bits per heavy atom. The lowest BCUT2D eigenvalue weighted by atomic mass is 9.95. The fourth-order valence-corrected chi connectivity index (χ4v) is 6.37. The van der Waals surface area contributed by atoms with Gasteiger partial charge in [0.15, 0.2) is 0 Å². The number of rotatable bonds is 6. The number of imide groups is 1. The van der Waals surface area contributed by atoms with Gasteiger partial charge in [-0.25, -0.2) is 4.39 Å². The van der Waals surface area contributed by atoms with Crippen LogP contribution in [0.4, 0.5) is 4.39 Å². The number of piperidine rings is 1. The zero-order chi connectivity index (χ0) is 27.8. The van der Waals surface area contributed by atoms with Gasteiger partial charge >= 0.3 is 0 Å². The predicted octanol–water partition coefficient (Wildman–Crippen LogP) is 3.88. The van der Waals surface area contributed by atoms with Crippen molar-refractivity contribution in [3.8, 4) is 0 Å². The Morgan fingerprint density at radius 3 is 2.23 bits per heavy atom. The summed E-state index contributed by atoms with van der Waals surface area (Å²) in [6.07, 6.45) is 0.428. The van der Waals surface area contributed by atoms with Gasteiger partial charge in [-0.3, -0.25) is 29.5 Å². The van der Waals surface area contributed by atoms with E-state index in [1.165, 1.54) is 16.0 Å². The van der Waals surface area contributed by atoms with Gasteiger partial charge in [-0.05, 0) is 30.5 Å². The van der Waals surface area contributed by atoms with Crippen molar-refractivity contribution >= 4 is 17.7 Å². The van der Waals surface area contributed by atoms with E-state index >= 15 is 4.39 Å². The molecule has 3 aliphatic heterocycles. The molecule has 3 aromatic carbocycles. The van der Waals surface area contributed by atoms with Gasteiger partial charge in [0.05, 0.1) is 12.6 Å². The topological polar surface area (TPSA) is 73.0 Å². The number of piperazine rings is 1. The lowest BCUT2D eigenvalue weighted by Gasteiger charge is -2.43. The molecule has 2 atom stereocenters. The van der Waals surface area contributed by atoms with Crippen molar-refractivity contribution in [2.45, 2.75) is 51.0 Å². The fourth-order valence-electron chi connectivity index (χ4n) is 6.37. The van der Waals surface area contributed by atoms with Crippen LogP contribution in [-0.4, -0.2) is 64.1 Å². The molecule has 0 bridgehead atoms. The Balaban J connectivity index is 1.17. The molecule has 0 saturated carbocycles. The summed E-state index contributed by atoms with van der Waals surface area (Å²) in [5, 5.41) is 2.29. The van der Waals surface area contributed by atoms with Gasteiger partial charge in [-0.1, -0.05) is 66.7 Å². The van der Waals surface area contributed by atoms with Crippen molar-refractivity contribution in [3.63, 3.8) is 0 Å². The summed E-state index contributed by atoms with van der Waals surface area (Å²) < 4.78 is 15.8. The molecule has 0 aliphatic carbocycles. The quantitative estimate of drug-likeness (QED) is 0.481. The van der Waals surface area contributed by atoms with Gasteiger partial charge in [0.1, 0.15) is 11.9 Å². The molecule has 40 heavy (non-hydrogen) atoms. The van der Waals surface area contributed by atoms with E-state index < -0.39 is 11.9 Å². The first-order valence-electron chi connectivity index (χ1n) is 13.9. The number of halogens is 1. The van der Waals surface area contributed by atoms with Gasteiger partial charge in [0.25, 0.3) is 5.91 Å². The standard InChI is InChI=1S/C32H33FN4O3/c1-21-18-36(30(22-8-4-2-5-9-22)23-10-6-3-7-11-23)17-16-35(21)19-24-12-13-25-26(29(24)33)20-37(32(25)40)27-14-15-28(38)34-31(27)39/h2-13,21,27,30H,14-20H2,1H3,(H,34,38,39)/t21-,27?/m1/s1. The minimum absolute atomic E-state index is 0.0410. The second-order valence-corrected chi connectivity index (χ2v) is 11.0. The molecule has 8 heteroatoms. The van der Waals surface area contributed by atoms with E-state index in [2.05, 4.69) is 70.6 Å². The van der Waals surface area contributed by atoms with Crippen LogP contribution in [0.25, 0.3) is 0 Å². The number of fused-ring (bicyclic) bond motifs is 1. The van der Waals surface area contributed by atoms with Crippen LogP contribution in [0.1, 0.15) is 58.4 Å². The SMILES string of the molecule is C[C@@H]1CN(C(c2ccccc2)c2ccccc2)CCN1Cc1ccc2c(c1F)CN(C1CCC(=O)NC1=O)C2=O. The maximum Gasteiger partial charge on any atom is 0.255 e. The van der Waals surface area contributed by atoms with E-state index in [0.29, 0.717) is 23.2 Å². The van der Waals surface area contributed by atoms with Crippen LogP contribution in [-0.2, 0) is 22.7 Å². The van der Waals surface area contributed by atoms with Crippen LogP contribution in [0.3, 0.4) is 0 Å². The number of nitrogens with one attached hydrogen (secondary N) is 1. The minimum atomic E-state index is -0.754. The number of hydrogen-bond acceptors (Lipinski definition) is 5. The van der Waals surface area contributed by atoms with Gasteiger partial charge in [-0.15, -0.1) is 0 Å². The summed E-state index contributed by atoms with van der Waals surface area (Å²) in [6.45, 7) is 5.13. The van der Waals surface area contributed by atoms with Crippen LogP contribution >= 0.6 is 0 Å². The van der Waals surface area contributed by atoms with Gasteiger partial charge < -0.3 is 4.90 Å². The van der Waals surface area contributed by atoms with Crippen LogP contribution in [0.2, 0.25) is 0 Å². The highest BCUT2D eigenvalue weighted by Crippen LogP contribution is 2.33. The molecule has 206 valence electrons. The average molecular weight is 541 g/mol. The highest BCUT2D eigenvalue weighted by Gasteiger charge is 2.41. The summed E-state index contributed by atoms with van der Waals surface area (Å²) in [7, 11) is 0. The third-order valence-corrected chi connectivity index (χ3v) is 8.49. The van der Waals surface area contributed by atoms with Crippen molar-refractivity contribution in [2.24, 2.45) is 0 Å². The molecule has 1 unspecified atom stereocenters.